The zero-order valence-electron chi connectivity index (χ0n) is 13.2. The topological polar surface area (TPSA) is 46.5 Å². The van der Waals surface area contributed by atoms with Gasteiger partial charge in [0.25, 0.3) is 0 Å². The summed E-state index contributed by atoms with van der Waals surface area (Å²) >= 11 is 0. The van der Waals surface area contributed by atoms with E-state index in [1.54, 1.807) is 0 Å². The van der Waals surface area contributed by atoms with Crippen LogP contribution < -0.4 is 4.74 Å². The quantitative estimate of drug-likeness (QED) is 0.869. The van der Waals surface area contributed by atoms with Crippen molar-refractivity contribution in [2.24, 2.45) is 0 Å². The van der Waals surface area contributed by atoms with Crippen LogP contribution in [0.15, 0.2) is 48.5 Å². The van der Waals surface area contributed by atoms with E-state index in [1.165, 1.54) is 5.56 Å². The maximum atomic E-state index is 11.4. The molecule has 0 bridgehead atoms. The zero-order valence-corrected chi connectivity index (χ0v) is 13.2. The highest BCUT2D eigenvalue weighted by atomic mass is 16.5. The highest BCUT2D eigenvalue weighted by Gasteiger charge is 2.20. The largest absolute Gasteiger partial charge is 0.478 e. The Labute approximate surface area is 131 Å². The summed E-state index contributed by atoms with van der Waals surface area (Å²) in [6.45, 7) is 6.24. The minimum absolute atomic E-state index is 0.349. The van der Waals surface area contributed by atoms with E-state index in [9.17, 15) is 9.90 Å². The van der Waals surface area contributed by atoms with E-state index in [-0.39, 0.29) is 0 Å². The van der Waals surface area contributed by atoms with Crippen LogP contribution >= 0.6 is 0 Å². The molecule has 116 valence electrons. The number of ether oxygens (including phenoxy) is 1. The number of rotatable bonds is 6. The number of hydrogen-bond donors (Lipinski definition) is 1. The van der Waals surface area contributed by atoms with E-state index in [0.717, 1.165) is 11.1 Å². The molecule has 0 spiro atoms. The second-order valence-electron chi connectivity index (χ2n) is 5.86. The van der Waals surface area contributed by atoms with Gasteiger partial charge >= 0.3 is 5.97 Å². The highest BCUT2D eigenvalue weighted by molar-refractivity contribution is 5.73. The second-order valence-corrected chi connectivity index (χ2v) is 5.86. The first-order chi connectivity index (χ1) is 10.5. The molecule has 0 aromatic heterocycles. The highest BCUT2D eigenvalue weighted by Crippen LogP contribution is 2.20. The third-order valence-corrected chi connectivity index (χ3v) is 3.64. The minimum Gasteiger partial charge on any atom is -0.478 e. The first-order valence-electron chi connectivity index (χ1n) is 7.50. The zero-order chi connectivity index (χ0) is 16.1. The molecule has 0 saturated heterocycles. The number of carbonyl (C=O) groups is 1. The van der Waals surface area contributed by atoms with Crippen LogP contribution in [0.4, 0.5) is 0 Å². The maximum Gasteiger partial charge on any atom is 0.345 e. The Morgan fingerprint density at radius 2 is 1.64 bits per heavy atom. The Bertz CT molecular complexity index is 612. The number of carboxylic acids is 1. The van der Waals surface area contributed by atoms with Gasteiger partial charge < -0.3 is 9.84 Å². The van der Waals surface area contributed by atoms with E-state index < -0.39 is 12.1 Å². The van der Waals surface area contributed by atoms with Crippen molar-refractivity contribution in [1.82, 2.24) is 0 Å². The fourth-order valence-corrected chi connectivity index (χ4v) is 2.21. The summed E-state index contributed by atoms with van der Waals surface area (Å²) < 4.78 is 5.65. The van der Waals surface area contributed by atoms with Gasteiger partial charge in [0.05, 0.1) is 0 Å². The summed E-state index contributed by atoms with van der Waals surface area (Å²) in [4.78, 5) is 11.4. The molecule has 0 saturated carbocycles. The molecule has 3 heteroatoms. The lowest BCUT2D eigenvalue weighted by molar-refractivity contribution is -0.145. The van der Waals surface area contributed by atoms with Crippen LogP contribution in [-0.4, -0.2) is 17.2 Å². The smallest absolute Gasteiger partial charge is 0.345 e. The Balaban J connectivity index is 2.08. The molecule has 0 aliphatic heterocycles. The fraction of sp³-hybridized carbons (Fsp3) is 0.316. The summed E-state index contributed by atoms with van der Waals surface area (Å²) in [5.74, 6) is 0.0781. The third kappa shape index (κ3) is 4.35. The molecule has 2 aromatic carbocycles. The van der Waals surface area contributed by atoms with E-state index in [1.807, 2.05) is 55.5 Å². The standard InChI is InChI=1S/C19H22O3/c1-13(2)16-8-10-17(11-9-16)22-18(19(20)21)12-15-6-4-14(3)5-7-15/h4-11,13,18H,12H2,1-3H3,(H,20,21)/t18-/m1/s1. The van der Waals surface area contributed by atoms with E-state index in [4.69, 9.17) is 4.74 Å². The van der Waals surface area contributed by atoms with Crippen LogP contribution in [0.5, 0.6) is 5.75 Å². The molecule has 0 fully saturated rings. The molecular weight excluding hydrogens is 276 g/mol. The van der Waals surface area contributed by atoms with Crippen LogP contribution in [0.3, 0.4) is 0 Å². The molecule has 3 nitrogen and oxygen atoms in total. The van der Waals surface area contributed by atoms with Gasteiger partial charge in [-0.05, 0) is 36.1 Å². The molecule has 2 aromatic rings. The molecular formula is C19H22O3. The van der Waals surface area contributed by atoms with E-state index in [2.05, 4.69) is 13.8 Å². The second kappa shape index (κ2) is 7.12. The SMILES string of the molecule is Cc1ccc(C[C@@H](Oc2ccc(C(C)C)cc2)C(=O)O)cc1. The monoisotopic (exact) mass is 298 g/mol. The number of aryl methyl sites for hydroxylation is 1. The third-order valence-electron chi connectivity index (χ3n) is 3.64. The Kier molecular flexibility index (Phi) is 5.21. The first-order valence-corrected chi connectivity index (χ1v) is 7.50. The number of carboxylic acid groups (broad SMARTS) is 1. The van der Waals surface area contributed by atoms with Crippen molar-refractivity contribution >= 4 is 5.97 Å². The summed E-state index contributed by atoms with van der Waals surface area (Å²) in [6.07, 6.45) is -0.533. The van der Waals surface area contributed by atoms with Crippen LogP contribution in [0.1, 0.15) is 36.5 Å². The van der Waals surface area contributed by atoms with Gasteiger partial charge in [0.1, 0.15) is 5.75 Å². The maximum absolute atomic E-state index is 11.4. The summed E-state index contributed by atoms with van der Waals surface area (Å²) in [5, 5.41) is 9.37. The van der Waals surface area contributed by atoms with E-state index in [0.29, 0.717) is 18.1 Å². The van der Waals surface area contributed by atoms with Gasteiger partial charge in [0.2, 0.25) is 0 Å². The number of hydrogen-bond acceptors (Lipinski definition) is 2. The van der Waals surface area contributed by atoms with Gasteiger partial charge in [-0.2, -0.15) is 0 Å². The van der Waals surface area contributed by atoms with Crippen LogP contribution in [0.25, 0.3) is 0 Å². The van der Waals surface area contributed by atoms with Gasteiger partial charge in [-0.25, -0.2) is 4.79 Å². The predicted molar refractivity (Wildman–Crippen MR) is 87.5 cm³/mol. The predicted octanol–water partition coefficient (Wildman–Crippen LogP) is 4.19. The molecule has 0 amide bonds. The molecule has 1 N–H and O–H groups in total. The van der Waals surface area contributed by atoms with Gasteiger partial charge in [-0.1, -0.05) is 55.8 Å². The molecule has 22 heavy (non-hydrogen) atoms. The van der Waals surface area contributed by atoms with Gasteiger partial charge in [-0.15, -0.1) is 0 Å². The van der Waals surface area contributed by atoms with Crippen molar-refractivity contribution in [3.05, 3.63) is 65.2 Å². The lowest BCUT2D eigenvalue weighted by Crippen LogP contribution is -2.29. The average Bonchev–Trinajstić information content (AvgIpc) is 2.49. The average molecular weight is 298 g/mol. The fourth-order valence-electron chi connectivity index (χ4n) is 2.21. The van der Waals surface area contributed by atoms with Gasteiger partial charge in [0, 0.05) is 6.42 Å². The van der Waals surface area contributed by atoms with Crippen molar-refractivity contribution in [3.63, 3.8) is 0 Å². The molecule has 0 unspecified atom stereocenters. The van der Waals surface area contributed by atoms with Crippen LogP contribution in [-0.2, 0) is 11.2 Å². The molecule has 2 rings (SSSR count). The minimum atomic E-state index is -0.950. The molecule has 0 heterocycles. The summed E-state index contributed by atoms with van der Waals surface area (Å²) in [5.41, 5.74) is 3.32. The normalized spacial score (nSPS) is 12.2. The van der Waals surface area contributed by atoms with Crippen molar-refractivity contribution in [1.29, 1.82) is 0 Å². The first kappa shape index (κ1) is 16.1. The van der Waals surface area contributed by atoms with Crippen LogP contribution in [0, 0.1) is 6.92 Å². The molecule has 0 radical (unpaired) electrons. The number of aliphatic carboxylic acids is 1. The van der Waals surface area contributed by atoms with Crippen molar-refractivity contribution in [2.45, 2.75) is 39.2 Å². The van der Waals surface area contributed by atoms with E-state index >= 15 is 0 Å². The van der Waals surface area contributed by atoms with Gasteiger partial charge in [0.15, 0.2) is 6.10 Å². The lowest BCUT2D eigenvalue weighted by Gasteiger charge is -2.16. The summed E-state index contributed by atoms with van der Waals surface area (Å²) in [6, 6.07) is 15.5. The van der Waals surface area contributed by atoms with Crippen molar-refractivity contribution in [3.8, 4) is 5.75 Å². The van der Waals surface area contributed by atoms with Crippen molar-refractivity contribution in [2.75, 3.05) is 0 Å². The summed E-state index contributed by atoms with van der Waals surface area (Å²) in [7, 11) is 0. The molecule has 0 aliphatic carbocycles. The molecule has 0 aliphatic rings. The van der Waals surface area contributed by atoms with Gasteiger partial charge in [-0.3, -0.25) is 0 Å². The number of benzene rings is 2. The Hall–Kier alpha value is -2.29. The Morgan fingerprint density at radius 1 is 1.05 bits per heavy atom. The Morgan fingerprint density at radius 3 is 2.14 bits per heavy atom. The molecule has 1 atom stereocenters. The lowest BCUT2D eigenvalue weighted by atomic mass is 10.0. The van der Waals surface area contributed by atoms with Crippen molar-refractivity contribution < 1.29 is 14.6 Å². The van der Waals surface area contributed by atoms with Crippen LogP contribution in [0.2, 0.25) is 0 Å².